The molecule has 4 heteroatoms. The van der Waals surface area contributed by atoms with Crippen molar-refractivity contribution in [1.29, 1.82) is 0 Å². The van der Waals surface area contributed by atoms with E-state index in [0.29, 0.717) is 8.58 Å². The van der Waals surface area contributed by atoms with E-state index in [1.165, 1.54) is 33.4 Å². The maximum Gasteiger partial charge on any atom is 0.0635 e. The maximum atomic E-state index is 4.81. The molecule has 0 saturated carbocycles. The summed E-state index contributed by atoms with van der Waals surface area (Å²) in [7, 11) is 10.0. The Bertz CT molecular complexity index is 1300. The molecule has 42 heavy (non-hydrogen) atoms. The van der Waals surface area contributed by atoms with E-state index in [0.717, 1.165) is 0 Å². The number of rotatable bonds is 8. The first kappa shape index (κ1) is 30.5. The Hall–Kier alpha value is -3.01. The van der Waals surface area contributed by atoms with Crippen LogP contribution in [0.5, 0.6) is 0 Å². The van der Waals surface area contributed by atoms with Gasteiger partial charge in [-0.15, -0.1) is 0 Å². The van der Waals surface area contributed by atoms with Gasteiger partial charge in [0.15, 0.2) is 0 Å². The van der Waals surface area contributed by atoms with Crippen LogP contribution in [-0.4, -0.2) is 0 Å². The zero-order valence-corrected chi connectivity index (χ0v) is 27.0. The second-order valence-electron chi connectivity index (χ2n) is 9.87. The summed E-state index contributed by atoms with van der Waals surface area (Å²) in [5, 5.41) is -0.795. The zero-order chi connectivity index (χ0) is 29.1. The summed E-state index contributed by atoms with van der Waals surface area (Å²) >= 11 is -0.106. The molecule has 0 aromatic heterocycles. The minimum atomic E-state index is -0.398. The van der Waals surface area contributed by atoms with Crippen molar-refractivity contribution >= 4 is 27.6 Å². The van der Waals surface area contributed by atoms with Gasteiger partial charge in [0.2, 0.25) is 0 Å². The van der Waals surface area contributed by atoms with Crippen molar-refractivity contribution in [3.05, 3.63) is 215 Å². The van der Waals surface area contributed by atoms with Gasteiger partial charge in [-0.2, -0.15) is 0 Å². The number of benzene rings is 6. The molecule has 0 atom stereocenters. The van der Waals surface area contributed by atoms with Crippen molar-refractivity contribution in [3.8, 4) is 0 Å². The van der Waals surface area contributed by atoms with Crippen LogP contribution in [0.1, 0.15) is 33.4 Å². The Kier molecular flexibility index (Phi) is 10.8. The topological polar surface area (TPSA) is 0 Å². The summed E-state index contributed by atoms with van der Waals surface area (Å²) in [6.07, 6.45) is 0. The van der Waals surface area contributed by atoms with E-state index in [9.17, 15) is 0 Å². The maximum absolute atomic E-state index is 4.81. The molecule has 6 aromatic rings. The third-order valence-corrected chi connectivity index (χ3v) is 10.1. The fourth-order valence-corrected chi connectivity index (χ4v) is 8.27. The largest absolute Gasteiger partial charge is 0.0809 e. The molecule has 0 nitrogen and oxygen atoms in total. The molecule has 212 valence electrons. The number of halogens is 2. The second kappa shape index (κ2) is 14.9. The van der Waals surface area contributed by atoms with Crippen molar-refractivity contribution in [3.63, 3.8) is 0 Å². The molecule has 0 bridgehead atoms. The fourth-order valence-electron chi connectivity index (χ4n) is 5.84. The third kappa shape index (κ3) is 6.33. The van der Waals surface area contributed by atoms with E-state index in [-0.39, 0.29) is 15.9 Å². The summed E-state index contributed by atoms with van der Waals surface area (Å²) in [6.45, 7) is 0. The van der Waals surface area contributed by atoms with Crippen LogP contribution >= 0.6 is 27.6 Å². The quantitative estimate of drug-likeness (QED) is 0.0845. The van der Waals surface area contributed by atoms with Crippen molar-refractivity contribution in [2.45, 2.75) is 10.3 Å². The number of hydrogen-bond donors (Lipinski definition) is 0. The molecule has 0 N–H and O–H groups in total. The Balaban J connectivity index is 0.00000113. The van der Waals surface area contributed by atoms with Crippen molar-refractivity contribution in [2.75, 3.05) is 0 Å². The van der Waals surface area contributed by atoms with E-state index in [4.69, 9.17) is 19.1 Å². The molecular formula is C38H31Cl2PPd. The Morgan fingerprint density at radius 1 is 0.310 bits per heavy atom. The minimum absolute atomic E-state index is 0.106. The van der Waals surface area contributed by atoms with Crippen molar-refractivity contribution in [1.82, 2.24) is 0 Å². The normalized spacial score (nSPS) is 11.4. The van der Waals surface area contributed by atoms with E-state index < -0.39 is 10.3 Å². The van der Waals surface area contributed by atoms with E-state index >= 15 is 0 Å². The first-order valence-electron chi connectivity index (χ1n) is 13.7. The van der Waals surface area contributed by atoms with Crippen LogP contribution in [0.3, 0.4) is 0 Å². The van der Waals surface area contributed by atoms with Gasteiger partial charge in [-0.05, 0) is 33.4 Å². The van der Waals surface area contributed by atoms with Crippen molar-refractivity contribution < 1.29 is 15.9 Å². The molecule has 6 aromatic carbocycles. The molecule has 0 unspecified atom stereocenters. The first-order valence-corrected chi connectivity index (χ1v) is 18.7. The molecule has 0 fully saturated rings. The molecule has 0 saturated heterocycles. The Labute approximate surface area is 267 Å². The summed E-state index contributed by atoms with van der Waals surface area (Å²) < 4.78 is 0. The van der Waals surface area contributed by atoms with Crippen LogP contribution in [0.2, 0.25) is 0 Å². The van der Waals surface area contributed by atoms with Gasteiger partial charge in [-0.1, -0.05) is 191 Å². The molecule has 6 rings (SSSR count). The third-order valence-electron chi connectivity index (χ3n) is 7.62. The Morgan fingerprint density at radius 3 is 0.595 bits per heavy atom. The van der Waals surface area contributed by atoms with Crippen LogP contribution < -0.4 is 0 Å². The minimum Gasteiger partial charge on any atom is -0.0809 e. The van der Waals surface area contributed by atoms with Crippen LogP contribution in [-0.2, 0) is 26.3 Å². The van der Waals surface area contributed by atoms with E-state index in [2.05, 4.69) is 182 Å². The van der Waals surface area contributed by atoms with Gasteiger partial charge in [-0.25, -0.2) is 0 Å². The van der Waals surface area contributed by atoms with Crippen LogP contribution in [0.25, 0.3) is 0 Å². The van der Waals surface area contributed by atoms with Gasteiger partial charge in [0.1, 0.15) is 0 Å². The van der Waals surface area contributed by atoms with Crippen LogP contribution in [0.4, 0.5) is 0 Å². The summed E-state index contributed by atoms with van der Waals surface area (Å²) in [5.74, 6) is 0. The molecule has 0 radical (unpaired) electrons. The fraction of sp³-hybridized carbons (Fsp3) is 0.0526. The molecule has 0 aliphatic heterocycles. The smallest absolute Gasteiger partial charge is 0.0635 e. The first-order chi connectivity index (χ1) is 20.8. The van der Waals surface area contributed by atoms with Crippen molar-refractivity contribution in [2.24, 2.45) is 0 Å². The van der Waals surface area contributed by atoms with Gasteiger partial charge in [0.05, 0.1) is 10.3 Å². The summed E-state index contributed by atoms with van der Waals surface area (Å²) in [4.78, 5) is 0. The molecular weight excluding hydrogens is 665 g/mol. The second-order valence-corrected chi connectivity index (χ2v) is 14.0. The molecule has 0 aliphatic carbocycles. The van der Waals surface area contributed by atoms with Crippen LogP contribution in [0, 0.1) is 0 Å². The Morgan fingerprint density at radius 2 is 0.452 bits per heavy atom. The monoisotopic (exact) mass is 694 g/mol. The predicted octanol–water partition coefficient (Wildman–Crippen LogP) is 11.0. The average Bonchev–Trinajstić information content (AvgIpc) is 3.08. The average molecular weight is 696 g/mol. The van der Waals surface area contributed by atoms with Gasteiger partial charge in [0.25, 0.3) is 0 Å². The van der Waals surface area contributed by atoms with E-state index in [1.807, 2.05) is 0 Å². The molecule has 0 aliphatic rings. The number of hydrogen-bond acceptors (Lipinski definition) is 0. The summed E-state index contributed by atoms with van der Waals surface area (Å²) in [6, 6.07) is 66.5. The predicted molar refractivity (Wildman–Crippen MR) is 178 cm³/mol. The standard InChI is InChI=1S/C38H31P.2ClH.Pd/c1-7-19-31(20-8-1)37(32-21-9-2-10-22-32,33-23-11-3-12-24-33)39-38(34-25-13-4-14-26-34,35-27-15-5-16-28-35)36-29-17-6-18-30-36;;;/h1-30,39H;2*1H;/q;;;+2/p-2. The van der Waals surface area contributed by atoms with Crippen LogP contribution in [0.15, 0.2) is 182 Å². The summed E-state index contributed by atoms with van der Waals surface area (Å²) in [5.41, 5.74) is 7.79. The molecule has 0 amide bonds. The van der Waals surface area contributed by atoms with E-state index in [1.54, 1.807) is 0 Å². The van der Waals surface area contributed by atoms with Gasteiger partial charge in [-0.3, -0.25) is 0 Å². The zero-order valence-electron chi connectivity index (χ0n) is 22.9. The van der Waals surface area contributed by atoms with Gasteiger partial charge in [0, 0.05) is 0 Å². The van der Waals surface area contributed by atoms with Gasteiger partial charge >= 0.3 is 35.0 Å². The molecule has 0 heterocycles. The van der Waals surface area contributed by atoms with Gasteiger partial charge < -0.3 is 0 Å². The molecule has 0 spiro atoms. The SMILES string of the molecule is [Cl][Pd][Cl].c1ccc(C(PC(c2ccccc2)(c2ccccc2)c2ccccc2)(c2ccccc2)c2ccccc2)cc1.